The summed E-state index contributed by atoms with van der Waals surface area (Å²) in [6.07, 6.45) is 0.360. The number of aliphatic hydroxyl groups is 1. The van der Waals surface area contributed by atoms with Gasteiger partial charge in [0.1, 0.15) is 0 Å². The normalized spacial score (nSPS) is 26.4. The molecule has 0 aliphatic carbocycles. The first kappa shape index (κ1) is 14.5. The van der Waals surface area contributed by atoms with Crippen LogP contribution in [0.25, 0.3) is 0 Å². The predicted molar refractivity (Wildman–Crippen MR) is 76.0 cm³/mol. The van der Waals surface area contributed by atoms with Crippen molar-refractivity contribution in [2.75, 3.05) is 0 Å². The molecule has 1 saturated heterocycles. The highest BCUT2D eigenvalue weighted by atomic mass is 16.5. The predicted octanol–water partition coefficient (Wildman–Crippen LogP) is 3.33. The van der Waals surface area contributed by atoms with Crippen LogP contribution in [0, 0.1) is 19.8 Å². The lowest BCUT2D eigenvalue weighted by molar-refractivity contribution is -0.0880. The van der Waals surface area contributed by atoms with Crippen molar-refractivity contribution in [3.05, 3.63) is 29.1 Å². The van der Waals surface area contributed by atoms with Crippen LogP contribution in [-0.2, 0) is 4.74 Å². The Kier molecular flexibility index (Phi) is 3.48. The second kappa shape index (κ2) is 4.57. The molecule has 1 aromatic heterocycles. The standard InChI is InChI=1S/C16H25NO2/c1-10-7-12(8-11(2)17-10)14(18)13-9-15(3,4)19-16(13,5)6/h7-8,13-14,18H,9H2,1-6H3. The van der Waals surface area contributed by atoms with Crippen LogP contribution in [0.3, 0.4) is 0 Å². The number of hydrogen-bond donors (Lipinski definition) is 1. The van der Waals surface area contributed by atoms with Gasteiger partial charge in [0, 0.05) is 17.3 Å². The first-order valence-corrected chi connectivity index (χ1v) is 6.94. The minimum Gasteiger partial charge on any atom is -0.388 e. The molecule has 19 heavy (non-hydrogen) atoms. The van der Waals surface area contributed by atoms with Crippen LogP contribution in [0.15, 0.2) is 12.1 Å². The molecule has 0 bridgehead atoms. The third-order valence-corrected chi connectivity index (χ3v) is 3.97. The van der Waals surface area contributed by atoms with Crippen LogP contribution in [0.5, 0.6) is 0 Å². The van der Waals surface area contributed by atoms with E-state index in [0.29, 0.717) is 0 Å². The van der Waals surface area contributed by atoms with Gasteiger partial charge >= 0.3 is 0 Å². The number of rotatable bonds is 2. The molecule has 2 heterocycles. The van der Waals surface area contributed by atoms with Gasteiger partial charge in [0.2, 0.25) is 0 Å². The summed E-state index contributed by atoms with van der Waals surface area (Å²) in [5.41, 5.74) is 2.36. The monoisotopic (exact) mass is 263 g/mol. The topological polar surface area (TPSA) is 42.4 Å². The Balaban J connectivity index is 2.31. The van der Waals surface area contributed by atoms with E-state index in [2.05, 4.69) is 32.7 Å². The fourth-order valence-corrected chi connectivity index (χ4v) is 3.37. The smallest absolute Gasteiger partial charge is 0.0847 e. The third-order valence-electron chi connectivity index (χ3n) is 3.97. The van der Waals surface area contributed by atoms with Crippen molar-refractivity contribution in [1.29, 1.82) is 0 Å². The molecule has 1 aliphatic rings. The molecule has 0 radical (unpaired) electrons. The van der Waals surface area contributed by atoms with E-state index in [1.54, 1.807) is 0 Å². The van der Waals surface area contributed by atoms with Crippen LogP contribution in [0.4, 0.5) is 0 Å². The summed E-state index contributed by atoms with van der Waals surface area (Å²) in [5.74, 6) is 0.101. The molecule has 3 heteroatoms. The van der Waals surface area contributed by atoms with Crippen molar-refractivity contribution < 1.29 is 9.84 Å². The first-order valence-electron chi connectivity index (χ1n) is 6.94. The van der Waals surface area contributed by atoms with Gasteiger partial charge in [0.15, 0.2) is 0 Å². The number of hydrogen-bond acceptors (Lipinski definition) is 3. The van der Waals surface area contributed by atoms with Gasteiger partial charge in [-0.2, -0.15) is 0 Å². The van der Waals surface area contributed by atoms with E-state index in [9.17, 15) is 5.11 Å². The lowest BCUT2D eigenvalue weighted by atomic mass is 9.80. The third kappa shape index (κ3) is 2.98. The maximum atomic E-state index is 10.7. The maximum Gasteiger partial charge on any atom is 0.0847 e. The fourth-order valence-electron chi connectivity index (χ4n) is 3.37. The zero-order valence-electron chi connectivity index (χ0n) is 12.8. The molecule has 106 valence electrons. The average Bonchev–Trinajstić information content (AvgIpc) is 2.44. The molecule has 1 fully saturated rings. The zero-order chi connectivity index (χ0) is 14.4. The highest BCUT2D eigenvalue weighted by Gasteiger charge is 2.49. The average molecular weight is 263 g/mol. The first-order chi connectivity index (χ1) is 8.61. The highest BCUT2D eigenvalue weighted by Crippen LogP contribution is 2.47. The molecule has 2 rings (SSSR count). The Morgan fingerprint density at radius 2 is 1.74 bits per heavy atom. The minimum absolute atomic E-state index is 0.101. The van der Waals surface area contributed by atoms with Crippen LogP contribution >= 0.6 is 0 Å². The van der Waals surface area contributed by atoms with Gasteiger partial charge in [-0.1, -0.05) is 0 Å². The molecule has 1 N–H and O–H groups in total. The van der Waals surface area contributed by atoms with E-state index in [1.807, 2.05) is 26.0 Å². The lowest BCUT2D eigenvalue weighted by Gasteiger charge is -2.30. The van der Waals surface area contributed by atoms with Gasteiger partial charge in [-0.15, -0.1) is 0 Å². The largest absolute Gasteiger partial charge is 0.388 e. The lowest BCUT2D eigenvalue weighted by Crippen LogP contribution is -2.32. The summed E-state index contributed by atoms with van der Waals surface area (Å²) >= 11 is 0. The number of aromatic nitrogens is 1. The summed E-state index contributed by atoms with van der Waals surface area (Å²) in [6.45, 7) is 12.2. The SMILES string of the molecule is Cc1cc(C(O)C2CC(C)(C)OC2(C)C)cc(C)n1. The second-order valence-electron chi connectivity index (χ2n) is 6.90. The van der Waals surface area contributed by atoms with E-state index in [-0.39, 0.29) is 17.1 Å². The van der Waals surface area contributed by atoms with Crippen molar-refractivity contribution in [2.24, 2.45) is 5.92 Å². The van der Waals surface area contributed by atoms with Crippen LogP contribution in [0.1, 0.15) is 57.2 Å². The summed E-state index contributed by atoms with van der Waals surface area (Å²) in [6, 6.07) is 3.94. The van der Waals surface area contributed by atoms with Crippen molar-refractivity contribution >= 4 is 0 Å². The summed E-state index contributed by atoms with van der Waals surface area (Å²) in [5, 5.41) is 10.7. The van der Waals surface area contributed by atoms with Gasteiger partial charge in [-0.3, -0.25) is 4.98 Å². The quantitative estimate of drug-likeness (QED) is 0.890. The zero-order valence-corrected chi connectivity index (χ0v) is 12.8. The van der Waals surface area contributed by atoms with Gasteiger partial charge in [-0.25, -0.2) is 0 Å². The van der Waals surface area contributed by atoms with Crippen molar-refractivity contribution in [1.82, 2.24) is 4.98 Å². The molecular formula is C16H25NO2. The van der Waals surface area contributed by atoms with Crippen molar-refractivity contribution in [3.63, 3.8) is 0 Å². The van der Waals surface area contributed by atoms with E-state index >= 15 is 0 Å². The minimum atomic E-state index is -0.503. The molecular weight excluding hydrogens is 238 g/mol. The Hall–Kier alpha value is -0.930. The Morgan fingerprint density at radius 3 is 2.16 bits per heavy atom. The summed E-state index contributed by atoms with van der Waals surface area (Å²) in [4.78, 5) is 4.37. The molecule has 2 atom stereocenters. The number of aliphatic hydroxyl groups excluding tert-OH is 1. The molecule has 0 aromatic carbocycles. The number of pyridine rings is 1. The Bertz CT molecular complexity index is 459. The molecule has 0 saturated carbocycles. The molecule has 1 aliphatic heterocycles. The molecule has 2 unspecified atom stereocenters. The van der Waals surface area contributed by atoms with E-state index in [0.717, 1.165) is 23.4 Å². The fraction of sp³-hybridized carbons (Fsp3) is 0.688. The number of nitrogens with zero attached hydrogens (tertiary/aromatic N) is 1. The molecule has 1 aromatic rings. The van der Waals surface area contributed by atoms with E-state index < -0.39 is 6.10 Å². The maximum absolute atomic E-state index is 10.7. The number of aryl methyl sites for hydroxylation is 2. The van der Waals surface area contributed by atoms with Crippen molar-refractivity contribution in [2.45, 2.75) is 65.3 Å². The highest BCUT2D eigenvalue weighted by molar-refractivity contribution is 5.24. The Morgan fingerprint density at radius 1 is 1.21 bits per heavy atom. The van der Waals surface area contributed by atoms with E-state index in [4.69, 9.17) is 4.74 Å². The van der Waals surface area contributed by atoms with Crippen molar-refractivity contribution in [3.8, 4) is 0 Å². The van der Waals surface area contributed by atoms with Gasteiger partial charge in [-0.05, 0) is 65.7 Å². The van der Waals surface area contributed by atoms with Gasteiger partial charge < -0.3 is 9.84 Å². The summed E-state index contributed by atoms with van der Waals surface area (Å²) < 4.78 is 6.08. The van der Waals surface area contributed by atoms with Gasteiger partial charge in [0.05, 0.1) is 17.3 Å². The second-order valence-corrected chi connectivity index (χ2v) is 6.90. The van der Waals surface area contributed by atoms with Gasteiger partial charge in [0.25, 0.3) is 0 Å². The summed E-state index contributed by atoms with van der Waals surface area (Å²) in [7, 11) is 0. The van der Waals surface area contributed by atoms with Crippen LogP contribution < -0.4 is 0 Å². The van der Waals surface area contributed by atoms with Crippen LogP contribution in [0.2, 0.25) is 0 Å². The molecule has 3 nitrogen and oxygen atoms in total. The Labute approximate surface area is 116 Å². The van der Waals surface area contributed by atoms with Crippen LogP contribution in [-0.4, -0.2) is 21.3 Å². The number of ether oxygens (including phenoxy) is 1. The molecule has 0 amide bonds. The molecule has 0 spiro atoms. The van der Waals surface area contributed by atoms with E-state index in [1.165, 1.54) is 0 Å².